The summed E-state index contributed by atoms with van der Waals surface area (Å²) < 4.78 is 7.38. The third kappa shape index (κ3) is 3.27. The molecule has 0 radical (unpaired) electrons. The topological polar surface area (TPSA) is 53.1 Å². The Morgan fingerprint density at radius 1 is 1.29 bits per heavy atom. The van der Waals surface area contributed by atoms with E-state index in [0.29, 0.717) is 0 Å². The van der Waals surface area contributed by atoms with Gasteiger partial charge >= 0.3 is 0 Å². The van der Waals surface area contributed by atoms with E-state index in [2.05, 4.69) is 51.0 Å². The maximum atomic E-state index is 6.46. The van der Waals surface area contributed by atoms with Crippen molar-refractivity contribution in [2.75, 3.05) is 7.11 Å². The van der Waals surface area contributed by atoms with Gasteiger partial charge in [-0.05, 0) is 45.2 Å². The Kier molecular flexibility index (Phi) is 4.68. The van der Waals surface area contributed by atoms with Crippen LogP contribution in [0.15, 0.2) is 24.4 Å². The van der Waals surface area contributed by atoms with E-state index in [1.54, 1.807) is 13.3 Å². The minimum absolute atomic E-state index is 0.134. The molecule has 2 N–H and O–H groups in total. The molecule has 0 amide bonds. The quantitative estimate of drug-likeness (QED) is 0.917. The Hall–Kier alpha value is -1.81. The lowest BCUT2D eigenvalue weighted by molar-refractivity contribution is 0.396. The Morgan fingerprint density at radius 2 is 2.00 bits per heavy atom. The summed E-state index contributed by atoms with van der Waals surface area (Å²) in [4.78, 5) is 0. The maximum Gasteiger partial charge on any atom is 0.161 e. The third-order valence-electron chi connectivity index (χ3n) is 3.80. The number of hydrogen-bond acceptors (Lipinski definition) is 3. The highest BCUT2D eigenvalue weighted by Gasteiger charge is 2.21. The number of hydrogen-bond donors (Lipinski definition) is 1. The zero-order chi connectivity index (χ0) is 15.6. The largest absolute Gasteiger partial charge is 0.493 e. The van der Waals surface area contributed by atoms with Crippen molar-refractivity contribution in [3.8, 4) is 5.75 Å². The summed E-state index contributed by atoms with van der Waals surface area (Å²) in [6.45, 7) is 8.42. The van der Waals surface area contributed by atoms with Gasteiger partial charge in [0.25, 0.3) is 0 Å². The molecule has 0 bridgehead atoms. The number of nitrogens with zero attached hydrogens (tertiary/aromatic N) is 2. The molecule has 1 heterocycles. The minimum Gasteiger partial charge on any atom is -0.493 e. The highest BCUT2D eigenvalue weighted by Crippen LogP contribution is 2.29. The predicted octanol–water partition coefficient (Wildman–Crippen LogP) is 3.33. The van der Waals surface area contributed by atoms with E-state index in [-0.39, 0.29) is 12.1 Å². The molecule has 4 heteroatoms. The fraction of sp³-hybridized carbons (Fsp3) is 0.471. The van der Waals surface area contributed by atoms with Gasteiger partial charge in [-0.2, -0.15) is 5.10 Å². The minimum atomic E-state index is -0.134. The average molecular weight is 287 g/mol. The number of rotatable bonds is 5. The van der Waals surface area contributed by atoms with Gasteiger partial charge in [-0.1, -0.05) is 23.8 Å². The van der Waals surface area contributed by atoms with Gasteiger partial charge in [0, 0.05) is 6.04 Å². The molecule has 4 nitrogen and oxygen atoms in total. The monoisotopic (exact) mass is 287 g/mol. The summed E-state index contributed by atoms with van der Waals surface area (Å²) in [6.07, 6.45) is 2.53. The van der Waals surface area contributed by atoms with Crippen LogP contribution >= 0.6 is 0 Å². The highest BCUT2D eigenvalue weighted by atomic mass is 16.5. The fourth-order valence-electron chi connectivity index (χ4n) is 2.63. The summed E-state index contributed by atoms with van der Waals surface area (Å²) >= 11 is 0. The van der Waals surface area contributed by atoms with Crippen LogP contribution in [0.2, 0.25) is 0 Å². The van der Waals surface area contributed by atoms with Crippen molar-refractivity contribution < 1.29 is 4.74 Å². The smallest absolute Gasteiger partial charge is 0.161 e. The zero-order valence-corrected chi connectivity index (χ0v) is 13.6. The van der Waals surface area contributed by atoms with Crippen LogP contribution in [-0.4, -0.2) is 16.9 Å². The number of methoxy groups -OCH3 is 1. The maximum absolute atomic E-state index is 6.46. The molecule has 1 unspecified atom stereocenters. The van der Waals surface area contributed by atoms with E-state index in [4.69, 9.17) is 10.5 Å². The van der Waals surface area contributed by atoms with Crippen LogP contribution in [-0.2, 0) is 6.42 Å². The summed E-state index contributed by atoms with van der Waals surface area (Å²) in [6, 6.07) is 6.61. The second kappa shape index (κ2) is 6.31. The molecule has 2 aromatic rings. The summed E-state index contributed by atoms with van der Waals surface area (Å²) in [5, 5.41) is 4.40. The molecular weight excluding hydrogens is 262 g/mol. The van der Waals surface area contributed by atoms with Gasteiger partial charge in [0.1, 0.15) is 0 Å². The van der Waals surface area contributed by atoms with E-state index < -0.39 is 0 Å². The molecule has 0 aliphatic heterocycles. The molecule has 2 rings (SSSR count). The molecular formula is C17H25N3O. The lowest BCUT2D eigenvalue weighted by atomic mass is 9.97. The lowest BCUT2D eigenvalue weighted by Crippen LogP contribution is -2.20. The van der Waals surface area contributed by atoms with E-state index in [0.717, 1.165) is 17.9 Å². The molecule has 0 spiro atoms. The molecule has 0 saturated carbocycles. The first-order valence-electron chi connectivity index (χ1n) is 7.37. The number of ether oxygens (including phenoxy) is 1. The molecule has 1 aromatic carbocycles. The van der Waals surface area contributed by atoms with Crippen molar-refractivity contribution in [2.24, 2.45) is 5.73 Å². The van der Waals surface area contributed by atoms with E-state index in [1.165, 1.54) is 16.7 Å². The SMILES string of the molecule is COc1cnn(C(C)C)c1C(N)Cc1cc(C)ccc1C. The summed E-state index contributed by atoms with van der Waals surface area (Å²) in [5.41, 5.74) is 11.2. The molecule has 0 aliphatic carbocycles. The number of benzene rings is 1. The predicted molar refractivity (Wildman–Crippen MR) is 85.7 cm³/mol. The summed E-state index contributed by atoms with van der Waals surface area (Å²) in [5.74, 6) is 0.765. The van der Waals surface area contributed by atoms with Crippen LogP contribution in [0.4, 0.5) is 0 Å². The number of aryl methyl sites for hydroxylation is 2. The highest BCUT2D eigenvalue weighted by molar-refractivity contribution is 5.34. The van der Waals surface area contributed by atoms with E-state index >= 15 is 0 Å². The van der Waals surface area contributed by atoms with Crippen LogP contribution in [0.25, 0.3) is 0 Å². The molecule has 0 saturated heterocycles. The first-order chi connectivity index (χ1) is 9.93. The van der Waals surface area contributed by atoms with E-state index in [9.17, 15) is 0 Å². The second-order valence-corrected chi connectivity index (χ2v) is 5.88. The van der Waals surface area contributed by atoms with Crippen molar-refractivity contribution in [1.82, 2.24) is 9.78 Å². The van der Waals surface area contributed by atoms with E-state index in [1.807, 2.05) is 4.68 Å². The van der Waals surface area contributed by atoms with Crippen molar-refractivity contribution in [3.63, 3.8) is 0 Å². The molecule has 114 valence electrons. The second-order valence-electron chi connectivity index (χ2n) is 5.88. The van der Waals surface area contributed by atoms with Gasteiger partial charge in [0.15, 0.2) is 5.75 Å². The number of aromatic nitrogens is 2. The number of nitrogens with two attached hydrogens (primary N) is 1. The summed E-state index contributed by atoms with van der Waals surface area (Å²) in [7, 11) is 1.66. The zero-order valence-electron chi connectivity index (χ0n) is 13.6. The first-order valence-corrected chi connectivity index (χ1v) is 7.37. The average Bonchev–Trinajstić information content (AvgIpc) is 2.87. The van der Waals surface area contributed by atoms with Crippen molar-refractivity contribution in [2.45, 2.75) is 46.2 Å². The molecule has 0 aliphatic rings. The molecule has 1 atom stereocenters. The Bertz CT molecular complexity index is 616. The molecule has 0 fully saturated rings. The Balaban J connectivity index is 2.33. The van der Waals surface area contributed by atoms with Crippen molar-refractivity contribution >= 4 is 0 Å². The standard InChI is InChI=1S/C17H25N3O/c1-11(2)20-17(16(21-5)10-19-20)15(18)9-14-8-12(3)6-7-13(14)4/h6-8,10-11,15H,9,18H2,1-5H3. The Morgan fingerprint density at radius 3 is 2.62 bits per heavy atom. The van der Waals surface area contributed by atoms with Crippen LogP contribution in [0, 0.1) is 13.8 Å². The third-order valence-corrected chi connectivity index (χ3v) is 3.80. The van der Waals surface area contributed by atoms with Crippen LogP contribution in [0.5, 0.6) is 5.75 Å². The van der Waals surface area contributed by atoms with Gasteiger partial charge in [0.2, 0.25) is 0 Å². The van der Waals surface area contributed by atoms with Gasteiger partial charge in [-0.25, -0.2) is 0 Å². The lowest BCUT2D eigenvalue weighted by Gasteiger charge is -2.19. The van der Waals surface area contributed by atoms with Gasteiger partial charge in [-0.15, -0.1) is 0 Å². The van der Waals surface area contributed by atoms with Crippen LogP contribution < -0.4 is 10.5 Å². The first kappa shape index (κ1) is 15.6. The van der Waals surface area contributed by atoms with Crippen LogP contribution in [0.1, 0.15) is 48.3 Å². The normalized spacial score (nSPS) is 12.7. The fourth-order valence-corrected chi connectivity index (χ4v) is 2.63. The van der Waals surface area contributed by atoms with Crippen LogP contribution in [0.3, 0.4) is 0 Å². The molecule has 21 heavy (non-hydrogen) atoms. The molecule has 1 aromatic heterocycles. The van der Waals surface area contributed by atoms with Crippen molar-refractivity contribution in [3.05, 3.63) is 46.8 Å². The van der Waals surface area contributed by atoms with Crippen molar-refractivity contribution in [1.29, 1.82) is 0 Å². The Labute approximate surface area is 126 Å². The van der Waals surface area contributed by atoms with Gasteiger partial charge in [0.05, 0.1) is 25.0 Å². The van der Waals surface area contributed by atoms with Gasteiger partial charge < -0.3 is 10.5 Å². The van der Waals surface area contributed by atoms with Gasteiger partial charge in [-0.3, -0.25) is 4.68 Å².